The summed E-state index contributed by atoms with van der Waals surface area (Å²) >= 11 is 5.38. The van der Waals surface area contributed by atoms with Gasteiger partial charge in [0.25, 0.3) is 5.70 Å². The van der Waals surface area contributed by atoms with Gasteiger partial charge in [-0.1, -0.05) is 18.5 Å². The minimum Gasteiger partial charge on any atom is -0.375 e. The molecule has 0 aliphatic heterocycles. The van der Waals surface area contributed by atoms with Crippen molar-refractivity contribution in [1.82, 2.24) is 0 Å². The van der Waals surface area contributed by atoms with Crippen molar-refractivity contribution in [2.24, 2.45) is 4.99 Å². The number of hydrogen-bond acceptors (Lipinski definition) is 4. The van der Waals surface area contributed by atoms with Crippen LogP contribution < -0.4 is 0 Å². The largest absolute Gasteiger partial charge is 0.395 e. The van der Waals surface area contributed by atoms with E-state index in [2.05, 4.69) is 4.99 Å². The summed E-state index contributed by atoms with van der Waals surface area (Å²) in [5, 5.41) is 10.1. The van der Waals surface area contributed by atoms with Gasteiger partial charge in [0, 0.05) is 13.5 Å². The minimum atomic E-state index is -4.52. The van der Waals surface area contributed by atoms with Crippen LogP contribution in [-0.2, 0) is 4.74 Å². The van der Waals surface area contributed by atoms with Crippen LogP contribution in [0.3, 0.4) is 0 Å². The van der Waals surface area contributed by atoms with Crippen molar-refractivity contribution in [3.05, 3.63) is 21.5 Å². The fourth-order valence-corrected chi connectivity index (χ4v) is 1.48. The Balaban J connectivity index is 5.52. The van der Waals surface area contributed by atoms with Crippen molar-refractivity contribution >= 4 is 16.8 Å². The van der Waals surface area contributed by atoms with E-state index in [0.717, 1.165) is 0 Å². The molecule has 0 fully saturated rings. The molecule has 1 unspecified atom stereocenters. The van der Waals surface area contributed by atoms with Crippen LogP contribution in [0.5, 0.6) is 0 Å². The SMILES string of the molecule is CC/C(=C(\N=C(Cl)CC(F)(F)F)C(C)OC)[N+](=O)[O-]. The van der Waals surface area contributed by atoms with Crippen LogP contribution in [0.4, 0.5) is 13.2 Å². The van der Waals surface area contributed by atoms with Gasteiger partial charge in [-0.25, -0.2) is 4.99 Å². The number of aliphatic imine (C=N–C) groups is 1. The van der Waals surface area contributed by atoms with Crippen LogP contribution in [0.1, 0.15) is 26.7 Å². The average molecular weight is 303 g/mol. The first-order chi connectivity index (χ1) is 8.62. The summed E-state index contributed by atoms with van der Waals surface area (Å²) in [6.07, 6.45) is -6.80. The number of halogens is 4. The zero-order valence-electron chi connectivity index (χ0n) is 10.6. The zero-order chi connectivity index (χ0) is 15.2. The quantitative estimate of drug-likeness (QED) is 0.428. The Hall–Kier alpha value is -1.15. The van der Waals surface area contributed by atoms with E-state index in [1.807, 2.05) is 0 Å². The number of alkyl halides is 3. The Morgan fingerprint density at radius 2 is 2.05 bits per heavy atom. The summed E-state index contributed by atoms with van der Waals surface area (Å²) in [5.41, 5.74) is -0.529. The van der Waals surface area contributed by atoms with E-state index in [1.165, 1.54) is 21.0 Å². The molecule has 0 aliphatic carbocycles. The summed E-state index contributed by atoms with van der Waals surface area (Å²) in [6.45, 7) is 2.93. The smallest absolute Gasteiger partial charge is 0.375 e. The van der Waals surface area contributed by atoms with Crippen molar-refractivity contribution < 1.29 is 22.8 Å². The second-order valence-corrected chi connectivity index (χ2v) is 4.04. The van der Waals surface area contributed by atoms with E-state index in [9.17, 15) is 23.3 Å². The van der Waals surface area contributed by atoms with Gasteiger partial charge in [-0.15, -0.1) is 0 Å². The monoisotopic (exact) mass is 302 g/mol. The number of allylic oxidation sites excluding steroid dienone is 1. The number of nitrogens with zero attached hydrogens (tertiary/aromatic N) is 2. The minimum absolute atomic E-state index is 0.00425. The van der Waals surface area contributed by atoms with E-state index in [-0.39, 0.29) is 17.8 Å². The van der Waals surface area contributed by atoms with Crippen LogP contribution in [0, 0.1) is 10.1 Å². The lowest BCUT2D eigenvalue weighted by atomic mass is 10.2. The fourth-order valence-electron chi connectivity index (χ4n) is 1.24. The highest BCUT2D eigenvalue weighted by Gasteiger charge is 2.30. The molecule has 0 aliphatic rings. The van der Waals surface area contributed by atoms with Crippen molar-refractivity contribution in [2.75, 3.05) is 7.11 Å². The molecule has 0 aromatic carbocycles. The number of methoxy groups -OCH3 is 1. The summed E-state index contributed by atoms with van der Waals surface area (Å²) in [5.74, 6) is 0. The summed E-state index contributed by atoms with van der Waals surface area (Å²) in [4.78, 5) is 13.6. The lowest BCUT2D eigenvalue weighted by Crippen LogP contribution is -2.16. The molecule has 9 heteroatoms. The highest BCUT2D eigenvalue weighted by molar-refractivity contribution is 6.65. The Morgan fingerprint density at radius 3 is 2.37 bits per heavy atom. The summed E-state index contributed by atoms with van der Waals surface area (Å²) in [7, 11) is 1.27. The third-order valence-corrected chi connectivity index (χ3v) is 2.40. The van der Waals surface area contributed by atoms with Crippen LogP contribution in [0.25, 0.3) is 0 Å². The van der Waals surface area contributed by atoms with Crippen molar-refractivity contribution in [3.63, 3.8) is 0 Å². The van der Waals surface area contributed by atoms with E-state index < -0.39 is 28.8 Å². The Morgan fingerprint density at radius 1 is 1.53 bits per heavy atom. The molecule has 0 amide bonds. The lowest BCUT2D eigenvalue weighted by molar-refractivity contribution is -0.429. The normalized spacial score (nSPS) is 16.1. The van der Waals surface area contributed by atoms with E-state index in [1.54, 1.807) is 0 Å². The van der Waals surface area contributed by atoms with Crippen LogP contribution in [0.2, 0.25) is 0 Å². The number of rotatable bonds is 6. The third-order valence-electron chi connectivity index (χ3n) is 2.18. The molecule has 110 valence electrons. The summed E-state index contributed by atoms with van der Waals surface area (Å²) in [6, 6.07) is 0. The standard InChI is InChI=1S/C10H14ClF3N2O3/c1-4-7(16(17)18)9(6(2)19-3)15-8(11)5-10(12,13)14/h6H,4-5H2,1-3H3/b9-7+,15-8?. The second-order valence-electron chi connectivity index (χ2n) is 3.60. The molecule has 0 spiro atoms. The van der Waals surface area contributed by atoms with Crippen LogP contribution in [-0.4, -0.2) is 29.5 Å². The third kappa shape index (κ3) is 6.53. The van der Waals surface area contributed by atoms with E-state index in [0.29, 0.717) is 0 Å². The molecule has 0 aromatic heterocycles. The number of ether oxygens (including phenoxy) is 1. The van der Waals surface area contributed by atoms with Gasteiger partial charge in [-0.05, 0) is 6.92 Å². The maximum atomic E-state index is 12.1. The van der Waals surface area contributed by atoms with Gasteiger partial charge in [0.05, 0.1) is 11.3 Å². The highest BCUT2D eigenvalue weighted by atomic mass is 35.5. The average Bonchev–Trinajstić information content (AvgIpc) is 2.24. The molecule has 1 atom stereocenters. The molecule has 0 N–H and O–H groups in total. The first-order valence-corrected chi connectivity index (χ1v) is 5.70. The maximum Gasteiger partial charge on any atom is 0.395 e. The molecule has 5 nitrogen and oxygen atoms in total. The molecule has 0 heterocycles. The first kappa shape index (κ1) is 17.8. The lowest BCUT2D eigenvalue weighted by Gasteiger charge is -2.12. The van der Waals surface area contributed by atoms with Gasteiger partial charge >= 0.3 is 6.18 Å². The Bertz CT molecular complexity index is 394. The van der Waals surface area contributed by atoms with Gasteiger partial charge in [0.1, 0.15) is 17.0 Å². The van der Waals surface area contributed by atoms with Crippen molar-refractivity contribution in [1.29, 1.82) is 0 Å². The van der Waals surface area contributed by atoms with Crippen molar-refractivity contribution in [2.45, 2.75) is 39.0 Å². The molecule has 0 bridgehead atoms. The summed E-state index contributed by atoms with van der Waals surface area (Å²) < 4.78 is 41.3. The van der Waals surface area contributed by atoms with E-state index in [4.69, 9.17) is 16.3 Å². The van der Waals surface area contributed by atoms with Gasteiger partial charge in [0.15, 0.2) is 0 Å². The molecule has 0 saturated carbocycles. The molecule has 0 aromatic rings. The number of hydrogen-bond donors (Lipinski definition) is 0. The molecule has 19 heavy (non-hydrogen) atoms. The molecule has 0 rings (SSSR count). The first-order valence-electron chi connectivity index (χ1n) is 5.32. The fraction of sp³-hybridized carbons (Fsp3) is 0.700. The van der Waals surface area contributed by atoms with Crippen molar-refractivity contribution in [3.8, 4) is 0 Å². The Kier molecular flexibility index (Phi) is 6.99. The molecular formula is C10H14ClF3N2O3. The van der Waals surface area contributed by atoms with Gasteiger partial charge in [0.2, 0.25) is 0 Å². The predicted molar refractivity (Wildman–Crippen MR) is 64.7 cm³/mol. The van der Waals surface area contributed by atoms with Gasteiger partial charge in [-0.3, -0.25) is 10.1 Å². The highest BCUT2D eigenvalue weighted by Crippen LogP contribution is 2.24. The number of nitro groups is 1. The molecule has 0 radical (unpaired) electrons. The molecular weight excluding hydrogens is 289 g/mol. The van der Waals surface area contributed by atoms with Crippen LogP contribution in [0.15, 0.2) is 16.4 Å². The maximum absolute atomic E-state index is 12.1. The van der Waals surface area contributed by atoms with Crippen LogP contribution >= 0.6 is 11.6 Å². The second kappa shape index (κ2) is 7.44. The van der Waals surface area contributed by atoms with Gasteiger partial charge < -0.3 is 4.74 Å². The molecule has 0 saturated heterocycles. The zero-order valence-corrected chi connectivity index (χ0v) is 11.4. The topological polar surface area (TPSA) is 64.7 Å². The van der Waals surface area contributed by atoms with E-state index >= 15 is 0 Å². The van der Waals surface area contributed by atoms with Gasteiger partial charge in [-0.2, -0.15) is 13.2 Å². The predicted octanol–water partition coefficient (Wildman–Crippen LogP) is 3.51. The Labute approximate surface area is 113 Å².